The van der Waals surface area contributed by atoms with Gasteiger partial charge in [0.05, 0.1) is 6.54 Å². The van der Waals surface area contributed by atoms with E-state index in [2.05, 4.69) is 5.32 Å². The lowest BCUT2D eigenvalue weighted by molar-refractivity contribution is -0.117. The summed E-state index contributed by atoms with van der Waals surface area (Å²) in [4.78, 5) is 26.5. The molecule has 1 saturated carbocycles. The van der Waals surface area contributed by atoms with E-state index >= 15 is 0 Å². The number of carbonyl (C=O) groups excluding carboxylic acids is 2. The molecule has 1 unspecified atom stereocenters. The first-order valence-electron chi connectivity index (χ1n) is 9.72. The largest absolute Gasteiger partial charge is 0.486 e. The highest BCUT2D eigenvalue weighted by atomic mass is 16.6. The number of ether oxygens (including phenoxy) is 2. The van der Waals surface area contributed by atoms with Gasteiger partial charge in [0.2, 0.25) is 5.91 Å². The van der Waals surface area contributed by atoms with Crippen molar-refractivity contribution in [3.63, 3.8) is 0 Å². The van der Waals surface area contributed by atoms with Crippen LogP contribution in [0.1, 0.15) is 30.1 Å². The summed E-state index contributed by atoms with van der Waals surface area (Å²) in [6.45, 7) is 3.37. The van der Waals surface area contributed by atoms with Crippen molar-refractivity contribution in [3.05, 3.63) is 54.1 Å². The van der Waals surface area contributed by atoms with Crippen molar-refractivity contribution >= 4 is 17.5 Å². The third-order valence-corrected chi connectivity index (χ3v) is 5.01. The van der Waals surface area contributed by atoms with Gasteiger partial charge in [-0.3, -0.25) is 9.59 Å². The number of amides is 2. The van der Waals surface area contributed by atoms with Crippen LogP contribution in [0, 0.1) is 5.92 Å². The second kappa shape index (κ2) is 7.92. The Hall–Kier alpha value is -3.02. The van der Waals surface area contributed by atoms with Crippen LogP contribution in [0.4, 0.5) is 5.69 Å². The van der Waals surface area contributed by atoms with Gasteiger partial charge in [0, 0.05) is 23.7 Å². The molecule has 2 aromatic carbocycles. The number of nitrogens with zero attached hydrogens (tertiary/aromatic N) is 1. The monoisotopic (exact) mass is 380 g/mol. The van der Waals surface area contributed by atoms with Crippen molar-refractivity contribution < 1.29 is 19.1 Å². The summed E-state index contributed by atoms with van der Waals surface area (Å²) in [6, 6.07) is 14.6. The van der Waals surface area contributed by atoms with Crippen molar-refractivity contribution in [1.29, 1.82) is 0 Å². The molecule has 1 heterocycles. The fourth-order valence-corrected chi connectivity index (χ4v) is 3.22. The van der Waals surface area contributed by atoms with Crippen molar-refractivity contribution in [2.45, 2.75) is 25.9 Å². The Kier molecular flexibility index (Phi) is 5.19. The number of para-hydroxylation sites is 2. The molecule has 1 aliphatic carbocycles. The summed E-state index contributed by atoms with van der Waals surface area (Å²) in [5, 5.41) is 2.89. The molecule has 1 fully saturated rings. The second-order valence-electron chi connectivity index (χ2n) is 7.18. The molecule has 6 nitrogen and oxygen atoms in total. The summed E-state index contributed by atoms with van der Waals surface area (Å²) >= 11 is 0. The highest BCUT2D eigenvalue weighted by Gasteiger charge is 2.29. The molecule has 146 valence electrons. The molecule has 0 bridgehead atoms. The minimum absolute atomic E-state index is 0.0592. The molecule has 2 amide bonds. The van der Waals surface area contributed by atoms with Crippen molar-refractivity contribution in [2.24, 2.45) is 5.92 Å². The predicted molar refractivity (Wildman–Crippen MR) is 106 cm³/mol. The van der Waals surface area contributed by atoms with Gasteiger partial charge in [-0.05, 0) is 56.2 Å². The van der Waals surface area contributed by atoms with E-state index in [-0.39, 0.29) is 23.8 Å². The number of anilines is 1. The van der Waals surface area contributed by atoms with Gasteiger partial charge in [-0.1, -0.05) is 12.1 Å². The van der Waals surface area contributed by atoms with Crippen LogP contribution in [0.5, 0.6) is 11.5 Å². The molecular formula is C22H24N2O4. The minimum Gasteiger partial charge on any atom is -0.486 e. The van der Waals surface area contributed by atoms with Crippen molar-refractivity contribution in [1.82, 2.24) is 4.90 Å². The molecule has 0 aromatic heterocycles. The van der Waals surface area contributed by atoms with Crippen LogP contribution in [0.25, 0.3) is 0 Å². The van der Waals surface area contributed by atoms with Crippen LogP contribution in [-0.2, 0) is 4.79 Å². The van der Waals surface area contributed by atoms with Gasteiger partial charge in [0.15, 0.2) is 17.6 Å². The molecule has 2 aromatic rings. The Morgan fingerprint density at radius 1 is 1.07 bits per heavy atom. The first-order valence-corrected chi connectivity index (χ1v) is 9.72. The molecule has 0 radical (unpaired) electrons. The lowest BCUT2D eigenvalue weighted by Gasteiger charge is -2.31. The molecule has 0 saturated heterocycles. The number of rotatable bonds is 6. The Morgan fingerprint density at radius 3 is 2.46 bits per heavy atom. The van der Waals surface area contributed by atoms with E-state index in [1.54, 1.807) is 29.2 Å². The molecule has 4 rings (SSSR count). The SMILES string of the molecule is CCN(CC1COc2ccccc2O1)C(=O)c1ccc(NC(=O)C2CC2)cc1. The maximum atomic E-state index is 12.9. The molecule has 1 aliphatic heterocycles. The maximum absolute atomic E-state index is 12.9. The molecule has 1 atom stereocenters. The Labute approximate surface area is 164 Å². The van der Waals surface area contributed by atoms with E-state index in [0.717, 1.165) is 24.3 Å². The molecule has 0 spiro atoms. The zero-order valence-corrected chi connectivity index (χ0v) is 15.9. The summed E-state index contributed by atoms with van der Waals surface area (Å²) in [5.74, 6) is 1.59. The fraction of sp³-hybridized carbons (Fsp3) is 0.364. The Balaban J connectivity index is 1.37. The maximum Gasteiger partial charge on any atom is 0.253 e. The summed E-state index contributed by atoms with van der Waals surface area (Å²) < 4.78 is 11.7. The number of likely N-dealkylation sites (N-methyl/N-ethyl adjacent to an activating group) is 1. The third kappa shape index (κ3) is 4.11. The number of carbonyl (C=O) groups is 2. The van der Waals surface area contributed by atoms with E-state index in [9.17, 15) is 9.59 Å². The van der Waals surface area contributed by atoms with Gasteiger partial charge < -0.3 is 19.7 Å². The van der Waals surface area contributed by atoms with Gasteiger partial charge in [-0.15, -0.1) is 0 Å². The van der Waals surface area contributed by atoms with Gasteiger partial charge >= 0.3 is 0 Å². The first-order chi connectivity index (χ1) is 13.6. The van der Waals surface area contributed by atoms with Crippen LogP contribution >= 0.6 is 0 Å². The molecule has 1 N–H and O–H groups in total. The van der Waals surface area contributed by atoms with E-state index in [0.29, 0.717) is 31.0 Å². The van der Waals surface area contributed by atoms with Gasteiger partial charge in [-0.25, -0.2) is 0 Å². The Bertz CT molecular complexity index is 861. The lowest BCUT2D eigenvalue weighted by atomic mass is 10.1. The quantitative estimate of drug-likeness (QED) is 0.835. The summed E-state index contributed by atoms with van der Waals surface area (Å²) in [6.07, 6.45) is 1.72. The average Bonchev–Trinajstić information content (AvgIpc) is 3.57. The van der Waals surface area contributed by atoms with Gasteiger partial charge in [0.25, 0.3) is 5.91 Å². The highest BCUT2D eigenvalue weighted by molar-refractivity contribution is 5.96. The minimum atomic E-state index is -0.212. The smallest absolute Gasteiger partial charge is 0.253 e. The van der Waals surface area contributed by atoms with E-state index in [1.165, 1.54) is 0 Å². The fourth-order valence-electron chi connectivity index (χ4n) is 3.22. The summed E-state index contributed by atoms with van der Waals surface area (Å²) in [5.41, 5.74) is 1.31. The average molecular weight is 380 g/mol. The van der Waals surface area contributed by atoms with Crippen LogP contribution < -0.4 is 14.8 Å². The van der Waals surface area contributed by atoms with E-state index in [1.807, 2.05) is 31.2 Å². The second-order valence-corrected chi connectivity index (χ2v) is 7.18. The zero-order valence-electron chi connectivity index (χ0n) is 15.9. The molecule has 28 heavy (non-hydrogen) atoms. The van der Waals surface area contributed by atoms with Crippen LogP contribution in [0.3, 0.4) is 0 Å². The highest BCUT2D eigenvalue weighted by Crippen LogP contribution is 2.31. The van der Waals surface area contributed by atoms with Crippen molar-refractivity contribution in [2.75, 3.05) is 25.0 Å². The molecular weight excluding hydrogens is 356 g/mol. The number of hydrogen-bond donors (Lipinski definition) is 1. The molecule has 6 heteroatoms. The third-order valence-electron chi connectivity index (χ3n) is 5.01. The van der Waals surface area contributed by atoms with Gasteiger partial charge in [0.1, 0.15) is 6.61 Å². The number of nitrogens with one attached hydrogen (secondary N) is 1. The van der Waals surface area contributed by atoms with Crippen LogP contribution in [-0.4, -0.2) is 42.5 Å². The van der Waals surface area contributed by atoms with Crippen LogP contribution in [0.2, 0.25) is 0 Å². The standard InChI is InChI=1S/C22H24N2O4/c1-2-24(13-18-14-27-19-5-3-4-6-20(19)28-18)22(26)16-9-11-17(12-10-16)23-21(25)15-7-8-15/h3-6,9-12,15,18H,2,7-8,13-14H2,1H3,(H,23,25). The number of fused-ring (bicyclic) bond motifs is 1. The topological polar surface area (TPSA) is 67.9 Å². The van der Waals surface area contributed by atoms with Gasteiger partial charge in [-0.2, -0.15) is 0 Å². The predicted octanol–water partition coefficient (Wildman–Crippen LogP) is 3.34. The lowest BCUT2D eigenvalue weighted by Crippen LogP contribution is -2.43. The van der Waals surface area contributed by atoms with Crippen molar-refractivity contribution in [3.8, 4) is 11.5 Å². The van der Waals surface area contributed by atoms with Crippen LogP contribution in [0.15, 0.2) is 48.5 Å². The normalized spacial score (nSPS) is 17.7. The number of hydrogen-bond acceptors (Lipinski definition) is 4. The molecule has 2 aliphatic rings. The zero-order chi connectivity index (χ0) is 19.5. The first kappa shape index (κ1) is 18.3. The number of benzene rings is 2. The summed E-state index contributed by atoms with van der Waals surface area (Å²) in [7, 11) is 0. The van der Waals surface area contributed by atoms with E-state index in [4.69, 9.17) is 9.47 Å². The Morgan fingerprint density at radius 2 is 1.79 bits per heavy atom. The van der Waals surface area contributed by atoms with E-state index < -0.39 is 0 Å².